The molecule has 3 fully saturated rings. The molecule has 45 heavy (non-hydrogen) atoms. The molecule has 6 rings (SSSR count). The molecule has 2 amide bonds. The van der Waals surface area contributed by atoms with Crippen LogP contribution in [0.1, 0.15) is 60.6 Å². The van der Waals surface area contributed by atoms with E-state index in [4.69, 9.17) is 4.74 Å². The highest BCUT2D eigenvalue weighted by atomic mass is 79.9. The second-order valence-corrected chi connectivity index (χ2v) is 13.5. The molecule has 10 nitrogen and oxygen atoms in total. The quantitative estimate of drug-likeness (QED) is 0.345. The number of hydrogen-bond acceptors (Lipinski definition) is 8. The average molecular weight is 678 g/mol. The molecule has 1 aromatic heterocycles. The number of aryl methyl sites for hydroxylation is 1. The van der Waals surface area contributed by atoms with Crippen molar-refractivity contribution in [2.24, 2.45) is 7.05 Å². The smallest absolute Gasteiger partial charge is 0.282 e. The lowest BCUT2D eigenvalue weighted by Crippen LogP contribution is -2.43. The highest BCUT2D eigenvalue weighted by Crippen LogP contribution is 2.31. The maximum atomic E-state index is 12.3. The number of rotatable bonds is 8. The van der Waals surface area contributed by atoms with Gasteiger partial charge in [0.25, 0.3) is 5.56 Å². The van der Waals surface area contributed by atoms with Crippen molar-refractivity contribution in [3.63, 3.8) is 0 Å². The van der Waals surface area contributed by atoms with E-state index >= 15 is 0 Å². The third kappa shape index (κ3) is 7.65. The van der Waals surface area contributed by atoms with Crippen LogP contribution in [0, 0.1) is 0 Å². The van der Waals surface area contributed by atoms with E-state index in [2.05, 4.69) is 72.8 Å². The Morgan fingerprint density at radius 3 is 2.53 bits per heavy atom. The summed E-state index contributed by atoms with van der Waals surface area (Å²) < 4.78 is 8.19. The summed E-state index contributed by atoms with van der Waals surface area (Å²) >= 11 is 3.44. The van der Waals surface area contributed by atoms with Crippen molar-refractivity contribution >= 4 is 33.4 Å². The number of carbonyl (C=O) groups excluding carboxylic acids is 2. The molecular formula is C34H41BrN6O4. The summed E-state index contributed by atoms with van der Waals surface area (Å²) in [6.07, 6.45) is 5.63. The van der Waals surface area contributed by atoms with Crippen molar-refractivity contribution < 1.29 is 14.3 Å². The van der Waals surface area contributed by atoms with Crippen LogP contribution < -0.4 is 20.9 Å². The molecule has 3 aliphatic heterocycles. The lowest BCUT2D eigenvalue weighted by Gasteiger charge is -2.37. The van der Waals surface area contributed by atoms with Gasteiger partial charge in [-0.25, -0.2) is 4.68 Å². The number of imide groups is 1. The van der Waals surface area contributed by atoms with Crippen molar-refractivity contribution in [3.05, 3.63) is 86.2 Å². The molecule has 0 saturated carbocycles. The van der Waals surface area contributed by atoms with Crippen molar-refractivity contribution in [1.82, 2.24) is 24.9 Å². The molecule has 2 N–H and O–H groups in total. The first-order valence-corrected chi connectivity index (χ1v) is 16.6. The molecule has 3 atom stereocenters. The van der Waals surface area contributed by atoms with E-state index in [9.17, 15) is 14.4 Å². The minimum Gasteiger partial charge on any atom is -0.490 e. The maximum Gasteiger partial charge on any atom is 0.282 e. The number of aromatic nitrogens is 2. The molecule has 3 aromatic rings. The molecule has 0 spiro atoms. The van der Waals surface area contributed by atoms with Crippen LogP contribution in [0.4, 0.5) is 5.69 Å². The number of amides is 2. The van der Waals surface area contributed by atoms with Crippen molar-refractivity contribution in [2.75, 3.05) is 38.5 Å². The Kier molecular flexibility index (Phi) is 9.67. The maximum absolute atomic E-state index is 12.3. The zero-order valence-electron chi connectivity index (χ0n) is 25.9. The van der Waals surface area contributed by atoms with Gasteiger partial charge < -0.3 is 15.0 Å². The number of halogens is 1. The summed E-state index contributed by atoms with van der Waals surface area (Å²) in [6, 6.07) is 17.1. The van der Waals surface area contributed by atoms with Gasteiger partial charge in [-0.2, -0.15) is 5.10 Å². The SMILES string of the molecule is CN1CC(Nc2cnn(C)c(=O)c2Br)CC(c2ccc(CN3CCC(Oc4cccc(C5CCC(=O)NC5=O)c4)CC3)cc2)C1. The summed E-state index contributed by atoms with van der Waals surface area (Å²) in [7, 11) is 3.80. The van der Waals surface area contributed by atoms with Gasteiger partial charge >= 0.3 is 0 Å². The minimum absolute atomic E-state index is 0.140. The molecule has 0 bridgehead atoms. The lowest BCUT2D eigenvalue weighted by atomic mass is 9.87. The van der Waals surface area contributed by atoms with Gasteiger partial charge in [0.05, 0.1) is 17.8 Å². The number of likely N-dealkylation sites (N-methyl/N-ethyl adjacent to an activating group) is 1. The lowest BCUT2D eigenvalue weighted by molar-refractivity contribution is -0.134. The second kappa shape index (κ2) is 13.8. The van der Waals surface area contributed by atoms with Crippen molar-refractivity contribution in [1.29, 1.82) is 0 Å². The Balaban J connectivity index is 0.991. The minimum atomic E-state index is -0.303. The number of anilines is 1. The van der Waals surface area contributed by atoms with E-state index in [0.717, 1.165) is 69.0 Å². The summed E-state index contributed by atoms with van der Waals surface area (Å²) in [5.41, 5.74) is 4.14. The van der Waals surface area contributed by atoms with E-state index in [1.54, 1.807) is 13.2 Å². The number of nitrogens with zero attached hydrogens (tertiary/aromatic N) is 4. The molecule has 4 heterocycles. The van der Waals surface area contributed by atoms with Crippen molar-refractivity contribution in [3.8, 4) is 5.75 Å². The molecule has 3 unspecified atom stereocenters. The van der Waals surface area contributed by atoms with E-state index in [0.29, 0.717) is 23.2 Å². The normalized spacial score (nSPS) is 23.5. The van der Waals surface area contributed by atoms with E-state index in [1.807, 2.05) is 24.3 Å². The molecule has 2 aromatic carbocycles. The van der Waals surface area contributed by atoms with Gasteiger partial charge in [-0.3, -0.25) is 24.6 Å². The highest BCUT2D eigenvalue weighted by molar-refractivity contribution is 9.10. The average Bonchev–Trinajstić information content (AvgIpc) is 3.02. The molecule has 3 aliphatic rings. The van der Waals surface area contributed by atoms with Crippen LogP contribution in [0.2, 0.25) is 0 Å². The first-order valence-electron chi connectivity index (χ1n) is 15.8. The number of likely N-dealkylation sites (tertiary alicyclic amines) is 2. The van der Waals surface area contributed by atoms with Crippen LogP contribution >= 0.6 is 15.9 Å². The van der Waals surface area contributed by atoms with Gasteiger partial charge in [-0.1, -0.05) is 36.4 Å². The van der Waals surface area contributed by atoms with Gasteiger partial charge in [0.15, 0.2) is 0 Å². The molecule has 11 heteroatoms. The Bertz CT molecular complexity index is 1590. The Morgan fingerprint density at radius 1 is 1.00 bits per heavy atom. The Morgan fingerprint density at radius 2 is 1.78 bits per heavy atom. The molecule has 0 aliphatic carbocycles. The zero-order chi connectivity index (χ0) is 31.5. The van der Waals surface area contributed by atoms with Gasteiger partial charge in [0.2, 0.25) is 11.8 Å². The van der Waals surface area contributed by atoms with Crippen LogP contribution in [0.5, 0.6) is 5.75 Å². The number of benzene rings is 2. The number of ether oxygens (including phenoxy) is 1. The van der Waals surface area contributed by atoms with Gasteiger partial charge in [0, 0.05) is 52.2 Å². The third-order valence-corrected chi connectivity index (χ3v) is 10.0. The Hall–Kier alpha value is -3.54. The summed E-state index contributed by atoms with van der Waals surface area (Å²) in [5.74, 6) is 0.462. The first-order chi connectivity index (χ1) is 21.7. The van der Waals surface area contributed by atoms with Gasteiger partial charge in [-0.05, 0) is 83.4 Å². The fourth-order valence-electron chi connectivity index (χ4n) is 6.84. The van der Waals surface area contributed by atoms with E-state index in [1.165, 1.54) is 15.8 Å². The molecule has 3 saturated heterocycles. The molecule has 0 radical (unpaired) electrons. The number of nitrogens with one attached hydrogen (secondary N) is 2. The third-order valence-electron chi connectivity index (χ3n) is 9.27. The van der Waals surface area contributed by atoms with E-state index in [-0.39, 0.29) is 35.4 Å². The van der Waals surface area contributed by atoms with Crippen LogP contribution in [0.25, 0.3) is 0 Å². The topological polar surface area (TPSA) is 109 Å². The standard InChI is InChI=1S/C34H41BrN6O4/c1-39-20-25(16-26(21-39)37-30-18-36-40(2)34(44)32(30)35)23-8-6-22(7-9-23)19-41-14-12-27(13-15-41)45-28-5-3-4-24(17-28)29-10-11-31(42)38-33(29)43/h3-9,17-18,25-27,29,37H,10-16,19-21H2,1-2H3,(H,38,42,43). The largest absolute Gasteiger partial charge is 0.490 e. The first kappa shape index (κ1) is 31.4. The summed E-state index contributed by atoms with van der Waals surface area (Å²) in [5, 5.41) is 10.2. The number of piperidine rings is 3. The van der Waals surface area contributed by atoms with Crippen molar-refractivity contribution in [2.45, 2.75) is 62.6 Å². The number of carbonyl (C=O) groups is 2. The fourth-order valence-corrected chi connectivity index (χ4v) is 7.32. The molecule has 238 valence electrons. The van der Waals surface area contributed by atoms with E-state index < -0.39 is 0 Å². The Labute approximate surface area is 272 Å². The van der Waals surface area contributed by atoms with Crippen LogP contribution in [-0.2, 0) is 23.2 Å². The monoisotopic (exact) mass is 676 g/mol. The van der Waals surface area contributed by atoms with Crippen LogP contribution in [-0.4, -0.2) is 76.8 Å². The predicted octanol–water partition coefficient (Wildman–Crippen LogP) is 4.01. The fraction of sp³-hybridized carbons (Fsp3) is 0.471. The summed E-state index contributed by atoms with van der Waals surface area (Å²) in [6.45, 7) is 4.75. The molecular weight excluding hydrogens is 636 g/mol. The van der Waals surface area contributed by atoms with Crippen LogP contribution in [0.3, 0.4) is 0 Å². The zero-order valence-corrected chi connectivity index (χ0v) is 27.5. The van der Waals surface area contributed by atoms with Gasteiger partial charge in [0.1, 0.15) is 16.3 Å². The van der Waals surface area contributed by atoms with Crippen LogP contribution in [0.15, 0.2) is 64.0 Å². The number of hydrogen-bond donors (Lipinski definition) is 2. The highest BCUT2D eigenvalue weighted by Gasteiger charge is 2.29. The van der Waals surface area contributed by atoms with Gasteiger partial charge in [-0.15, -0.1) is 0 Å². The second-order valence-electron chi connectivity index (χ2n) is 12.7. The summed E-state index contributed by atoms with van der Waals surface area (Å²) in [4.78, 5) is 41.0. The predicted molar refractivity (Wildman–Crippen MR) is 176 cm³/mol.